The molecular weight excluding hydrogens is 214 g/mol. The molecule has 0 aliphatic carbocycles. The average molecular weight is 233 g/mol. The van der Waals surface area contributed by atoms with Crippen LogP contribution in [0.5, 0.6) is 0 Å². The highest BCUT2D eigenvalue weighted by Gasteiger charge is 2.28. The third-order valence-electron chi connectivity index (χ3n) is 2.30. The van der Waals surface area contributed by atoms with E-state index in [-0.39, 0.29) is 18.6 Å². The van der Waals surface area contributed by atoms with Gasteiger partial charge in [-0.25, -0.2) is 0 Å². The molecular formula is C10H19NO5. The number of methoxy groups -OCH3 is 1. The summed E-state index contributed by atoms with van der Waals surface area (Å²) in [5.74, 6) is -0.327. The first-order valence-electron chi connectivity index (χ1n) is 5.39. The summed E-state index contributed by atoms with van der Waals surface area (Å²) in [6.45, 7) is 2.07. The van der Waals surface area contributed by atoms with E-state index in [1.807, 2.05) is 0 Å². The molecule has 94 valence electrons. The van der Waals surface area contributed by atoms with E-state index < -0.39 is 6.10 Å². The number of carbonyl (C=O) groups is 1. The van der Waals surface area contributed by atoms with E-state index in [4.69, 9.17) is 14.2 Å². The smallest absolute Gasteiger partial charge is 0.323 e. The zero-order valence-corrected chi connectivity index (χ0v) is 9.48. The van der Waals surface area contributed by atoms with Crippen LogP contribution in [-0.2, 0) is 19.0 Å². The van der Waals surface area contributed by atoms with E-state index in [9.17, 15) is 9.90 Å². The fourth-order valence-corrected chi connectivity index (χ4v) is 1.44. The van der Waals surface area contributed by atoms with Crippen molar-refractivity contribution >= 4 is 5.97 Å². The van der Waals surface area contributed by atoms with Gasteiger partial charge in [-0.2, -0.15) is 0 Å². The van der Waals surface area contributed by atoms with Crippen molar-refractivity contribution in [2.24, 2.45) is 0 Å². The molecule has 1 heterocycles. The highest BCUT2D eigenvalue weighted by Crippen LogP contribution is 2.07. The van der Waals surface area contributed by atoms with Gasteiger partial charge in [0.25, 0.3) is 0 Å². The topological polar surface area (TPSA) is 77.0 Å². The molecule has 1 unspecified atom stereocenters. The molecule has 6 nitrogen and oxygen atoms in total. The fraction of sp³-hybridized carbons (Fsp3) is 0.900. The Hall–Kier alpha value is -0.690. The van der Waals surface area contributed by atoms with E-state index >= 15 is 0 Å². The molecule has 0 saturated carbocycles. The fourth-order valence-electron chi connectivity index (χ4n) is 1.44. The van der Waals surface area contributed by atoms with Gasteiger partial charge in [0.1, 0.15) is 12.6 Å². The lowest BCUT2D eigenvalue weighted by atomic mass is 10.2. The number of hydrogen-bond acceptors (Lipinski definition) is 6. The van der Waals surface area contributed by atoms with Crippen LogP contribution in [0.15, 0.2) is 0 Å². The van der Waals surface area contributed by atoms with Crippen LogP contribution >= 0.6 is 0 Å². The first-order chi connectivity index (χ1) is 7.74. The molecule has 1 rings (SSSR count). The van der Waals surface area contributed by atoms with Crippen LogP contribution in [0.2, 0.25) is 0 Å². The van der Waals surface area contributed by atoms with E-state index in [1.165, 1.54) is 0 Å². The van der Waals surface area contributed by atoms with Crippen molar-refractivity contribution in [1.29, 1.82) is 0 Å². The Bertz CT molecular complexity index is 211. The second kappa shape index (κ2) is 7.56. The summed E-state index contributed by atoms with van der Waals surface area (Å²) in [7, 11) is 1.60. The Balaban J connectivity index is 1.98. The van der Waals surface area contributed by atoms with Crippen molar-refractivity contribution in [2.75, 3.05) is 40.1 Å². The Morgan fingerprint density at radius 3 is 2.75 bits per heavy atom. The quantitative estimate of drug-likeness (QED) is 0.430. The van der Waals surface area contributed by atoms with E-state index in [2.05, 4.69) is 5.32 Å². The monoisotopic (exact) mass is 233 g/mol. The lowest BCUT2D eigenvalue weighted by Gasteiger charge is -2.10. The van der Waals surface area contributed by atoms with E-state index in [0.29, 0.717) is 32.8 Å². The van der Waals surface area contributed by atoms with Crippen LogP contribution in [0.1, 0.15) is 6.42 Å². The zero-order chi connectivity index (χ0) is 11.8. The molecule has 0 bridgehead atoms. The van der Waals surface area contributed by atoms with E-state index in [0.717, 1.165) is 0 Å². The van der Waals surface area contributed by atoms with Crippen LogP contribution in [0.3, 0.4) is 0 Å². The second-order valence-electron chi connectivity index (χ2n) is 3.62. The number of ether oxygens (including phenoxy) is 3. The number of β-amino-alcohol motifs (C(OH)–C–C–N with tert-alkyl or cyclic N) is 1. The van der Waals surface area contributed by atoms with Crippen LogP contribution in [0.4, 0.5) is 0 Å². The number of aliphatic hydroxyl groups excluding tert-OH is 1. The molecule has 1 aliphatic rings. The van der Waals surface area contributed by atoms with Gasteiger partial charge in [-0.1, -0.05) is 0 Å². The van der Waals surface area contributed by atoms with Gasteiger partial charge >= 0.3 is 5.97 Å². The molecule has 0 amide bonds. The van der Waals surface area contributed by atoms with Gasteiger partial charge in [-0.05, 0) is 0 Å². The standard InChI is InChI=1S/C10H19NO5/c1-14-2-3-15-4-5-16-10(13)9-6-8(12)7-11-9/h8-9,11-12H,2-7H2,1H3/t8?,9-/m0/s1. The van der Waals surface area contributed by atoms with Crippen molar-refractivity contribution in [3.63, 3.8) is 0 Å². The van der Waals surface area contributed by atoms with Gasteiger partial charge in [0.15, 0.2) is 0 Å². The molecule has 2 N–H and O–H groups in total. The summed E-state index contributed by atoms with van der Waals surface area (Å²) < 4.78 is 14.9. The Kier molecular flexibility index (Phi) is 6.32. The van der Waals surface area contributed by atoms with Gasteiger partial charge in [0.05, 0.1) is 25.9 Å². The Morgan fingerprint density at radius 2 is 2.12 bits per heavy atom. The molecule has 0 aromatic heterocycles. The molecule has 0 radical (unpaired) electrons. The van der Waals surface area contributed by atoms with Gasteiger partial charge in [-0.3, -0.25) is 4.79 Å². The number of rotatable bonds is 7. The van der Waals surface area contributed by atoms with Crippen molar-refractivity contribution in [2.45, 2.75) is 18.6 Å². The Labute approximate surface area is 94.9 Å². The Morgan fingerprint density at radius 1 is 1.38 bits per heavy atom. The minimum absolute atomic E-state index is 0.233. The van der Waals surface area contributed by atoms with Gasteiger partial charge < -0.3 is 24.6 Å². The molecule has 16 heavy (non-hydrogen) atoms. The van der Waals surface area contributed by atoms with Crippen molar-refractivity contribution in [3.8, 4) is 0 Å². The average Bonchev–Trinajstić information content (AvgIpc) is 2.70. The first kappa shape index (κ1) is 13.4. The molecule has 0 spiro atoms. The number of nitrogens with one attached hydrogen (secondary N) is 1. The molecule has 0 aromatic rings. The van der Waals surface area contributed by atoms with Crippen LogP contribution in [0.25, 0.3) is 0 Å². The predicted molar refractivity (Wildman–Crippen MR) is 56.1 cm³/mol. The highest BCUT2D eigenvalue weighted by atomic mass is 16.6. The van der Waals surface area contributed by atoms with Crippen molar-refractivity contribution in [1.82, 2.24) is 5.32 Å². The maximum Gasteiger partial charge on any atom is 0.323 e. The summed E-state index contributed by atoms with van der Waals surface area (Å²) in [6.07, 6.45) is -0.0286. The molecule has 2 atom stereocenters. The summed E-state index contributed by atoms with van der Waals surface area (Å²) in [5, 5.41) is 12.1. The SMILES string of the molecule is COCCOCCOC(=O)[C@@H]1CC(O)CN1. The largest absolute Gasteiger partial charge is 0.462 e. The van der Waals surface area contributed by atoms with Crippen molar-refractivity contribution in [3.05, 3.63) is 0 Å². The first-order valence-corrected chi connectivity index (χ1v) is 5.39. The molecule has 1 fully saturated rings. The lowest BCUT2D eigenvalue weighted by Crippen LogP contribution is -2.33. The second-order valence-corrected chi connectivity index (χ2v) is 3.62. The van der Waals surface area contributed by atoms with Crippen LogP contribution in [-0.4, -0.2) is 63.3 Å². The molecule has 1 aliphatic heterocycles. The minimum atomic E-state index is -0.449. The minimum Gasteiger partial charge on any atom is -0.462 e. The number of esters is 1. The van der Waals surface area contributed by atoms with Gasteiger partial charge in [0.2, 0.25) is 0 Å². The normalized spacial score (nSPS) is 24.6. The highest BCUT2D eigenvalue weighted by molar-refractivity contribution is 5.76. The van der Waals surface area contributed by atoms with E-state index in [1.54, 1.807) is 7.11 Å². The van der Waals surface area contributed by atoms with Gasteiger partial charge in [0, 0.05) is 20.1 Å². The molecule has 6 heteroatoms. The van der Waals surface area contributed by atoms with Gasteiger partial charge in [-0.15, -0.1) is 0 Å². The lowest BCUT2D eigenvalue weighted by molar-refractivity contribution is -0.147. The van der Waals surface area contributed by atoms with Crippen LogP contribution in [0, 0.1) is 0 Å². The number of aliphatic hydroxyl groups is 1. The molecule has 1 saturated heterocycles. The number of hydrogen-bond donors (Lipinski definition) is 2. The summed E-state index contributed by atoms with van der Waals surface area (Å²) >= 11 is 0. The summed E-state index contributed by atoms with van der Waals surface area (Å²) in [5.41, 5.74) is 0. The summed E-state index contributed by atoms with van der Waals surface area (Å²) in [6, 6.07) is -0.381. The third kappa shape index (κ3) is 4.89. The zero-order valence-electron chi connectivity index (χ0n) is 9.48. The van der Waals surface area contributed by atoms with Crippen molar-refractivity contribution < 1.29 is 24.1 Å². The maximum absolute atomic E-state index is 11.4. The maximum atomic E-state index is 11.4. The molecule has 0 aromatic carbocycles. The third-order valence-corrected chi connectivity index (χ3v) is 2.30. The summed E-state index contributed by atoms with van der Waals surface area (Å²) in [4.78, 5) is 11.4. The van der Waals surface area contributed by atoms with Crippen LogP contribution < -0.4 is 5.32 Å². The number of carbonyl (C=O) groups excluding carboxylic acids is 1. The predicted octanol–water partition coefficient (Wildman–Crippen LogP) is -1.08.